The number of rotatable bonds is 3. The lowest BCUT2D eigenvalue weighted by atomic mass is 10.0. The van der Waals surface area contributed by atoms with Gasteiger partial charge in [-0.3, -0.25) is 20.2 Å². The highest BCUT2D eigenvalue weighted by atomic mass is 16.3. The molecule has 1 aliphatic heterocycles. The standard InChI is InChI=1S/C13H16N2O3/c1-8(9-2-4-10(16)5-3-9)14-11-6-7-12(17)15-13(11)18/h2-5,8,11,14,16H,6-7H2,1H3,(H,15,17,18). The molecule has 1 aromatic rings. The molecule has 5 nitrogen and oxygen atoms in total. The minimum absolute atomic E-state index is 0.0189. The number of benzene rings is 1. The summed E-state index contributed by atoms with van der Waals surface area (Å²) in [6.07, 6.45) is 0.888. The Morgan fingerprint density at radius 2 is 2.00 bits per heavy atom. The minimum atomic E-state index is -0.341. The Morgan fingerprint density at radius 1 is 1.33 bits per heavy atom. The maximum Gasteiger partial charge on any atom is 0.243 e. The molecule has 0 radical (unpaired) electrons. The van der Waals surface area contributed by atoms with Gasteiger partial charge in [-0.05, 0) is 31.0 Å². The van der Waals surface area contributed by atoms with Crippen LogP contribution in [0.4, 0.5) is 0 Å². The lowest BCUT2D eigenvalue weighted by Crippen LogP contribution is -2.51. The lowest BCUT2D eigenvalue weighted by Gasteiger charge is -2.25. The highest BCUT2D eigenvalue weighted by Gasteiger charge is 2.27. The monoisotopic (exact) mass is 248 g/mol. The fourth-order valence-corrected chi connectivity index (χ4v) is 2.01. The van der Waals surface area contributed by atoms with Gasteiger partial charge in [0, 0.05) is 12.5 Å². The second-order valence-corrected chi connectivity index (χ2v) is 4.48. The third-order valence-electron chi connectivity index (χ3n) is 3.08. The van der Waals surface area contributed by atoms with Crippen LogP contribution in [0.25, 0.3) is 0 Å². The SMILES string of the molecule is CC(NC1CCC(=O)NC1=O)c1ccc(O)cc1. The van der Waals surface area contributed by atoms with Crippen LogP contribution in [0.2, 0.25) is 0 Å². The van der Waals surface area contributed by atoms with Crippen LogP contribution in [0.15, 0.2) is 24.3 Å². The zero-order chi connectivity index (χ0) is 13.1. The molecule has 2 rings (SSSR count). The van der Waals surface area contributed by atoms with Gasteiger partial charge in [0.25, 0.3) is 0 Å². The molecule has 1 aliphatic rings. The summed E-state index contributed by atoms with van der Waals surface area (Å²) in [5.41, 5.74) is 0.984. The van der Waals surface area contributed by atoms with Gasteiger partial charge in [-0.25, -0.2) is 0 Å². The second-order valence-electron chi connectivity index (χ2n) is 4.48. The first kappa shape index (κ1) is 12.6. The van der Waals surface area contributed by atoms with Crippen molar-refractivity contribution in [1.82, 2.24) is 10.6 Å². The van der Waals surface area contributed by atoms with Crippen molar-refractivity contribution in [2.24, 2.45) is 0 Å². The van der Waals surface area contributed by atoms with Crippen LogP contribution >= 0.6 is 0 Å². The summed E-state index contributed by atoms with van der Waals surface area (Å²) < 4.78 is 0. The van der Waals surface area contributed by atoms with E-state index >= 15 is 0 Å². The van der Waals surface area contributed by atoms with Gasteiger partial charge in [0.2, 0.25) is 11.8 Å². The van der Waals surface area contributed by atoms with Crippen molar-refractivity contribution in [2.75, 3.05) is 0 Å². The first-order valence-corrected chi connectivity index (χ1v) is 5.95. The Balaban J connectivity index is 1.98. The predicted molar refractivity (Wildman–Crippen MR) is 65.8 cm³/mol. The topological polar surface area (TPSA) is 78.4 Å². The van der Waals surface area contributed by atoms with Crippen LogP contribution in [0, 0.1) is 0 Å². The number of phenols is 1. The predicted octanol–water partition coefficient (Wildman–Crippen LogP) is 0.848. The molecule has 0 aliphatic carbocycles. The number of nitrogens with one attached hydrogen (secondary N) is 2. The summed E-state index contributed by atoms with van der Waals surface area (Å²) >= 11 is 0. The maximum atomic E-state index is 11.6. The Bertz CT molecular complexity index is 456. The molecule has 0 bridgehead atoms. The molecular weight excluding hydrogens is 232 g/mol. The van der Waals surface area contributed by atoms with E-state index in [9.17, 15) is 14.7 Å². The molecule has 2 atom stereocenters. The van der Waals surface area contributed by atoms with Crippen molar-refractivity contribution in [3.8, 4) is 5.75 Å². The molecule has 2 amide bonds. The summed E-state index contributed by atoms with van der Waals surface area (Å²) in [7, 11) is 0. The van der Waals surface area contributed by atoms with Crippen LogP contribution in [-0.2, 0) is 9.59 Å². The van der Waals surface area contributed by atoms with E-state index in [1.54, 1.807) is 24.3 Å². The molecular formula is C13H16N2O3. The molecule has 1 aromatic carbocycles. The fourth-order valence-electron chi connectivity index (χ4n) is 2.01. The molecule has 2 unspecified atom stereocenters. The van der Waals surface area contributed by atoms with Crippen molar-refractivity contribution in [3.63, 3.8) is 0 Å². The molecule has 5 heteroatoms. The van der Waals surface area contributed by atoms with E-state index in [2.05, 4.69) is 10.6 Å². The number of piperidine rings is 1. The van der Waals surface area contributed by atoms with Crippen LogP contribution in [0.5, 0.6) is 5.75 Å². The van der Waals surface area contributed by atoms with Crippen molar-refractivity contribution in [3.05, 3.63) is 29.8 Å². The van der Waals surface area contributed by atoms with Gasteiger partial charge in [-0.15, -0.1) is 0 Å². The summed E-state index contributed by atoms with van der Waals surface area (Å²) in [6, 6.07) is 6.47. The number of carbonyl (C=O) groups excluding carboxylic acids is 2. The van der Waals surface area contributed by atoms with Gasteiger partial charge < -0.3 is 5.11 Å². The number of aromatic hydroxyl groups is 1. The number of carbonyl (C=O) groups is 2. The van der Waals surface area contributed by atoms with Crippen molar-refractivity contribution in [1.29, 1.82) is 0 Å². The summed E-state index contributed by atoms with van der Waals surface area (Å²) in [5, 5.41) is 14.7. The number of hydrogen-bond acceptors (Lipinski definition) is 4. The average molecular weight is 248 g/mol. The maximum absolute atomic E-state index is 11.6. The second kappa shape index (κ2) is 5.18. The largest absolute Gasteiger partial charge is 0.508 e. The lowest BCUT2D eigenvalue weighted by molar-refractivity contribution is -0.134. The molecule has 96 valence electrons. The summed E-state index contributed by atoms with van der Waals surface area (Å²) in [6.45, 7) is 1.94. The molecule has 1 fully saturated rings. The summed E-state index contributed by atoms with van der Waals surface area (Å²) in [4.78, 5) is 22.6. The van der Waals surface area contributed by atoms with Crippen molar-refractivity contribution >= 4 is 11.8 Å². The van der Waals surface area contributed by atoms with Gasteiger partial charge in [-0.2, -0.15) is 0 Å². The highest BCUT2D eigenvalue weighted by Crippen LogP contribution is 2.18. The Morgan fingerprint density at radius 3 is 2.61 bits per heavy atom. The Hall–Kier alpha value is -1.88. The Labute approximate surface area is 105 Å². The molecule has 1 saturated heterocycles. The zero-order valence-corrected chi connectivity index (χ0v) is 10.1. The van der Waals surface area contributed by atoms with E-state index in [4.69, 9.17) is 0 Å². The van der Waals surface area contributed by atoms with E-state index < -0.39 is 0 Å². The number of imide groups is 1. The first-order chi connectivity index (χ1) is 8.56. The van der Waals surface area contributed by atoms with Crippen LogP contribution in [0.3, 0.4) is 0 Å². The van der Waals surface area contributed by atoms with Crippen LogP contribution in [-0.4, -0.2) is 23.0 Å². The quantitative estimate of drug-likeness (QED) is 0.693. The van der Waals surface area contributed by atoms with Crippen LogP contribution in [0.1, 0.15) is 31.4 Å². The zero-order valence-electron chi connectivity index (χ0n) is 10.1. The van der Waals surface area contributed by atoms with E-state index in [1.807, 2.05) is 6.92 Å². The van der Waals surface area contributed by atoms with Gasteiger partial charge >= 0.3 is 0 Å². The Kier molecular flexibility index (Phi) is 3.62. The third kappa shape index (κ3) is 2.87. The highest BCUT2D eigenvalue weighted by molar-refractivity contribution is 6.00. The molecule has 0 saturated carbocycles. The molecule has 0 spiro atoms. The fraction of sp³-hybridized carbons (Fsp3) is 0.385. The van der Waals surface area contributed by atoms with Crippen molar-refractivity contribution in [2.45, 2.75) is 31.8 Å². The summed E-state index contributed by atoms with van der Waals surface area (Å²) in [5.74, 6) is -0.265. The van der Waals surface area contributed by atoms with Crippen molar-refractivity contribution < 1.29 is 14.7 Å². The number of phenolic OH excluding ortho intramolecular Hbond substituents is 1. The number of hydrogen-bond donors (Lipinski definition) is 3. The van der Waals surface area contributed by atoms with Gasteiger partial charge in [0.05, 0.1) is 6.04 Å². The third-order valence-corrected chi connectivity index (χ3v) is 3.08. The van der Waals surface area contributed by atoms with E-state index in [0.717, 1.165) is 5.56 Å². The normalized spacial score (nSPS) is 21.5. The number of amides is 2. The van der Waals surface area contributed by atoms with E-state index in [0.29, 0.717) is 12.8 Å². The molecule has 18 heavy (non-hydrogen) atoms. The van der Waals surface area contributed by atoms with Crippen LogP contribution < -0.4 is 10.6 Å². The van der Waals surface area contributed by atoms with Gasteiger partial charge in [0.1, 0.15) is 5.75 Å². The average Bonchev–Trinajstić information content (AvgIpc) is 2.33. The molecule has 1 heterocycles. The minimum Gasteiger partial charge on any atom is -0.508 e. The first-order valence-electron chi connectivity index (χ1n) is 5.95. The van der Waals surface area contributed by atoms with E-state index in [1.165, 1.54) is 0 Å². The molecule has 0 aromatic heterocycles. The smallest absolute Gasteiger partial charge is 0.243 e. The van der Waals surface area contributed by atoms with Gasteiger partial charge in [-0.1, -0.05) is 12.1 Å². The van der Waals surface area contributed by atoms with Gasteiger partial charge in [0.15, 0.2) is 0 Å². The van der Waals surface area contributed by atoms with E-state index in [-0.39, 0.29) is 29.6 Å². The molecule has 3 N–H and O–H groups in total.